The molecule has 1 atom stereocenters. The maximum atomic E-state index is 12.7. The Labute approximate surface area is 153 Å². The van der Waals surface area contributed by atoms with Gasteiger partial charge in [-0.2, -0.15) is 0 Å². The van der Waals surface area contributed by atoms with Gasteiger partial charge in [-0.05, 0) is 25.3 Å². The second-order valence-electron chi connectivity index (χ2n) is 6.61. The van der Waals surface area contributed by atoms with E-state index < -0.39 is 0 Å². The molecule has 3 rings (SSSR count). The molecule has 0 spiro atoms. The molecule has 1 aromatic rings. The van der Waals surface area contributed by atoms with Crippen molar-refractivity contribution in [3.63, 3.8) is 0 Å². The average Bonchev–Trinajstić information content (AvgIpc) is 3.10. The number of carbonyl (C=O) groups excluding carboxylic acids is 1. The van der Waals surface area contributed by atoms with Crippen LogP contribution in [0, 0.1) is 0 Å². The summed E-state index contributed by atoms with van der Waals surface area (Å²) < 4.78 is 11.1. The van der Waals surface area contributed by atoms with Gasteiger partial charge in [0.15, 0.2) is 0 Å². The Morgan fingerprint density at radius 3 is 2.88 bits per heavy atom. The van der Waals surface area contributed by atoms with E-state index in [1.165, 1.54) is 0 Å². The van der Waals surface area contributed by atoms with Crippen molar-refractivity contribution in [1.29, 1.82) is 0 Å². The van der Waals surface area contributed by atoms with Crippen LogP contribution < -0.4 is 15.8 Å². The lowest BCUT2D eigenvalue weighted by atomic mass is 10.0. The van der Waals surface area contributed by atoms with E-state index in [9.17, 15) is 4.79 Å². The van der Waals surface area contributed by atoms with Crippen LogP contribution in [0.3, 0.4) is 0 Å². The van der Waals surface area contributed by atoms with Gasteiger partial charge in [0, 0.05) is 38.2 Å². The van der Waals surface area contributed by atoms with Crippen LogP contribution in [0.15, 0.2) is 6.07 Å². The van der Waals surface area contributed by atoms with Gasteiger partial charge in [0.25, 0.3) is 5.91 Å². The van der Waals surface area contributed by atoms with E-state index >= 15 is 0 Å². The number of hydrogen-bond donors (Lipinski definition) is 2. The summed E-state index contributed by atoms with van der Waals surface area (Å²) in [5.74, 6) is 0.444. The molecule has 2 heterocycles. The maximum absolute atomic E-state index is 12.7. The SMILES string of the molecule is CCC(OC)N1CCC(NC(=O)c2cc(Cl)c(N)c3c2OCC3)CC1. The van der Waals surface area contributed by atoms with Crippen molar-refractivity contribution in [2.75, 3.05) is 32.5 Å². The smallest absolute Gasteiger partial charge is 0.255 e. The number of amides is 1. The number of nitrogens with two attached hydrogens (primary N) is 1. The number of ether oxygens (including phenoxy) is 2. The Kier molecular flexibility index (Phi) is 5.71. The molecule has 3 N–H and O–H groups in total. The molecule has 6 nitrogen and oxygen atoms in total. The zero-order chi connectivity index (χ0) is 18.0. The molecule has 0 aromatic heterocycles. The fraction of sp³-hybridized carbons (Fsp3) is 0.611. The molecular weight excluding hydrogens is 342 g/mol. The van der Waals surface area contributed by atoms with Gasteiger partial charge in [0.05, 0.1) is 22.9 Å². The van der Waals surface area contributed by atoms with Crippen LogP contribution in [0.25, 0.3) is 0 Å². The van der Waals surface area contributed by atoms with Crippen LogP contribution in [0.1, 0.15) is 42.1 Å². The van der Waals surface area contributed by atoms with Crippen molar-refractivity contribution < 1.29 is 14.3 Å². The number of nitrogen functional groups attached to an aromatic ring is 1. The minimum Gasteiger partial charge on any atom is -0.492 e. The fourth-order valence-electron chi connectivity index (χ4n) is 3.70. The van der Waals surface area contributed by atoms with Gasteiger partial charge in [-0.3, -0.25) is 9.69 Å². The largest absolute Gasteiger partial charge is 0.492 e. The molecular formula is C18H26ClN3O3. The van der Waals surface area contributed by atoms with Crippen LogP contribution in [-0.4, -0.2) is 49.9 Å². The Bertz CT molecular complexity index is 641. The van der Waals surface area contributed by atoms with Gasteiger partial charge >= 0.3 is 0 Å². The van der Waals surface area contributed by atoms with E-state index in [0.717, 1.165) is 37.9 Å². The molecule has 2 aliphatic heterocycles. The molecule has 1 amide bonds. The van der Waals surface area contributed by atoms with Crippen molar-refractivity contribution in [2.24, 2.45) is 0 Å². The van der Waals surface area contributed by atoms with Crippen LogP contribution in [0.5, 0.6) is 5.75 Å². The summed E-state index contributed by atoms with van der Waals surface area (Å²) in [6.07, 6.45) is 3.61. The third-order valence-corrected chi connectivity index (χ3v) is 5.42. The second-order valence-corrected chi connectivity index (χ2v) is 7.02. The topological polar surface area (TPSA) is 76.8 Å². The number of likely N-dealkylation sites (tertiary alicyclic amines) is 1. The Morgan fingerprint density at radius 2 is 2.24 bits per heavy atom. The Morgan fingerprint density at radius 1 is 1.52 bits per heavy atom. The highest BCUT2D eigenvalue weighted by Gasteiger charge is 2.28. The third-order valence-electron chi connectivity index (χ3n) is 5.11. The van der Waals surface area contributed by atoms with E-state index in [0.29, 0.717) is 35.1 Å². The highest BCUT2D eigenvalue weighted by molar-refractivity contribution is 6.33. The summed E-state index contributed by atoms with van der Waals surface area (Å²) in [6.45, 7) is 4.48. The maximum Gasteiger partial charge on any atom is 0.255 e. The lowest BCUT2D eigenvalue weighted by Gasteiger charge is -2.36. The van der Waals surface area contributed by atoms with Gasteiger partial charge in [-0.25, -0.2) is 0 Å². The Hall–Kier alpha value is -1.50. The van der Waals surface area contributed by atoms with Gasteiger partial charge in [-0.1, -0.05) is 18.5 Å². The number of nitrogens with zero attached hydrogens (tertiary/aromatic N) is 1. The highest BCUT2D eigenvalue weighted by atomic mass is 35.5. The summed E-state index contributed by atoms with van der Waals surface area (Å²) in [5, 5.41) is 3.53. The number of fused-ring (bicyclic) bond motifs is 1. The number of carbonyl (C=O) groups is 1. The van der Waals surface area contributed by atoms with Crippen molar-refractivity contribution in [2.45, 2.75) is 44.9 Å². The van der Waals surface area contributed by atoms with Gasteiger partial charge in [-0.15, -0.1) is 0 Å². The van der Waals surface area contributed by atoms with Gasteiger partial charge in [0.2, 0.25) is 0 Å². The average molecular weight is 368 g/mol. The minimum absolute atomic E-state index is 0.141. The van der Waals surface area contributed by atoms with E-state index in [-0.39, 0.29) is 18.2 Å². The second kappa shape index (κ2) is 7.81. The van der Waals surface area contributed by atoms with Crippen LogP contribution in [0.4, 0.5) is 5.69 Å². The summed E-state index contributed by atoms with van der Waals surface area (Å²) in [6, 6.07) is 1.76. The quantitative estimate of drug-likeness (QED) is 0.781. The molecule has 1 saturated heterocycles. The van der Waals surface area contributed by atoms with Crippen molar-refractivity contribution in [3.8, 4) is 5.75 Å². The Balaban J connectivity index is 1.65. The molecule has 25 heavy (non-hydrogen) atoms. The number of piperidine rings is 1. The van der Waals surface area contributed by atoms with Gasteiger partial charge < -0.3 is 20.5 Å². The van der Waals surface area contributed by atoms with E-state index in [2.05, 4.69) is 17.1 Å². The van der Waals surface area contributed by atoms with Gasteiger partial charge in [0.1, 0.15) is 12.0 Å². The predicted molar refractivity (Wildman–Crippen MR) is 98.2 cm³/mol. The van der Waals surface area contributed by atoms with Crippen molar-refractivity contribution in [1.82, 2.24) is 10.2 Å². The molecule has 0 bridgehead atoms. The predicted octanol–water partition coefficient (Wildman–Crippen LogP) is 2.43. The van der Waals surface area contributed by atoms with E-state index in [1.807, 2.05) is 0 Å². The zero-order valence-electron chi connectivity index (χ0n) is 14.8. The fourth-order valence-corrected chi connectivity index (χ4v) is 3.93. The molecule has 138 valence electrons. The van der Waals surface area contributed by atoms with Crippen LogP contribution in [-0.2, 0) is 11.2 Å². The summed E-state index contributed by atoms with van der Waals surface area (Å²) >= 11 is 6.19. The standard InChI is InChI=1S/C18H26ClN3O3/c1-3-15(24-2)22-7-4-11(5-8-22)21-18(23)13-10-14(19)16(20)12-6-9-25-17(12)13/h10-11,15H,3-9,20H2,1-2H3,(H,21,23). The van der Waals surface area contributed by atoms with E-state index in [4.69, 9.17) is 26.8 Å². The molecule has 2 aliphatic rings. The molecule has 0 radical (unpaired) electrons. The summed E-state index contributed by atoms with van der Waals surface area (Å²) in [5.41, 5.74) is 7.84. The monoisotopic (exact) mass is 367 g/mol. The number of hydrogen-bond acceptors (Lipinski definition) is 5. The number of methoxy groups -OCH3 is 1. The molecule has 7 heteroatoms. The van der Waals surface area contributed by atoms with Crippen LogP contribution >= 0.6 is 11.6 Å². The zero-order valence-corrected chi connectivity index (χ0v) is 15.6. The molecule has 1 fully saturated rings. The number of halogens is 1. The minimum atomic E-state index is -0.141. The first-order valence-electron chi connectivity index (χ1n) is 8.86. The van der Waals surface area contributed by atoms with E-state index in [1.54, 1.807) is 13.2 Å². The lowest BCUT2D eigenvalue weighted by molar-refractivity contribution is -0.0461. The molecule has 1 unspecified atom stereocenters. The number of benzene rings is 1. The van der Waals surface area contributed by atoms with Crippen molar-refractivity contribution >= 4 is 23.2 Å². The number of anilines is 1. The van der Waals surface area contributed by atoms with Crippen LogP contribution in [0.2, 0.25) is 5.02 Å². The third kappa shape index (κ3) is 3.71. The first kappa shape index (κ1) is 18.3. The summed E-state index contributed by atoms with van der Waals surface area (Å²) in [4.78, 5) is 15.1. The van der Waals surface area contributed by atoms with Crippen molar-refractivity contribution in [3.05, 3.63) is 22.2 Å². The summed E-state index contributed by atoms with van der Waals surface area (Å²) in [7, 11) is 1.74. The number of nitrogens with one attached hydrogen (secondary N) is 1. The number of rotatable bonds is 5. The first-order valence-corrected chi connectivity index (χ1v) is 9.24. The normalized spacial score (nSPS) is 19.3. The molecule has 0 aliphatic carbocycles. The molecule has 0 saturated carbocycles. The highest BCUT2D eigenvalue weighted by Crippen LogP contribution is 2.38. The molecule has 1 aromatic carbocycles. The first-order chi connectivity index (χ1) is 12.0. The lowest BCUT2D eigenvalue weighted by Crippen LogP contribution is -2.48.